The van der Waals surface area contributed by atoms with Gasteiger partial charge in [0.05, 0.1) is 30.4 Å². The minimum absolute atomic E-state index is 0.234. The van der Waals surface area contributed by atoms with Crippen LogP contribution in [0.15, 0.2) is 89.7 Å². The van der Waals surface area contributed by atoms with E-state index in [9.17, 15) is 9.59 Å². The Labute approximate surface area is 196 Å². The molecule has 0 atom stereocenters. The number of carbonyl (C=O) groups excluding carboxylic acids is 1. The first kappa shape index (κ1) is 21.4. The fourth-order valence-electron chi connectivity index (χ4n) is 4.17. The van der Waals surface area contributed by atoms with Gasteiger partial charge in [-0.2, -0.15) is 0 Å². The van der Waals surface area contributed by atoms with Crippen LogP contribution in [0.3, 0.4) is 0 Å². The Hall–Kier alpha value is -4.45. The van der Waals surface area contributed by atoms with Gasteiger partial charge in [-0.25, -0.2) is 4.98 Å². The molecule has 0 aliphatic carbocycles. The van der Waals surface area contributed by atoms with Crippen molar-refractivity contribution in [2.75, 3.05) is 12.4 Å². The fraction of sp³-hybridized carbons (Fsp3) is 0.107. The third-order valence-corrected chi connectivity index (χ3v) is 5.79. The highest BCUT2D eigenvalue weighted by Crippen LogP contribution is 2.31. The van der Waals surface area contributed by atoms with E-state index in [1.165, 1.54) is 6.92 Å². The molecule has 5 aromatic rings. The van der Waals surface area contributed by atoms with Crippen LogP contribution in [0.1, 0.15) is 12.5 Å². The van der Waals surface area contributed by atoms with E-state index >= 15 is 0 Å². The molecule has 0 bridgehead atoms. The number of methoxy groups -OCH3 is 1. The molecule has 6 heteroatoms. The molecule has 1 N–H and O–H groups in total. The number of hydrogen-bond donors (Lipinski definition) is 1. The molecule has 0 radical (unpaired) electrons. The molecule has 0 aliphatic heterocycles. The SMILES string of the molecule is COc1ccc(NC(C)=O)c(-c2nc3cc4ccccc4cc3n(Cc3ccccc3)c2=O)c1. The lowest BCUT2D eigenvalue weighted by Gasteiger charge is -2.16. The fourth-order valence-corrected chi connectivity index (χ4v) is 4.17. The van der Waals surface area contributed by atoms with Gasteiger partial charge in [-0.1, -0.05) is 54.6 Å². The molecular weight excluding hydrogens is 426 g/mol. The summed E-state index contributed by atoms with van der Waals surface area (Å²) in [5, 5.41) is 4.88. The summed E-state index contributed by atoms with van der Waals surface area (Å²) < 4.78 is 7.14. The standard InChI is InChI=1S/C28H23N3O3/c1-18(32)29-24-13-12-22(34-2)16-23(24)27-28(33)31(17-19-8-4-3-5-9-19)26-15-21-11-7-6-10-20(21)14-25(26)30-27/h3-16H,17H2,1-2H3,(H,29,32). The van der Waals surface area contributed by atoms with Crippen molar-refractivity contribution in [3.05, 3.63) is 101 Å². The Bertz CT molecular complexity index is 1590. The van der Waals surface area contributed by atoms with Crippen LogP contribution in [0.5, 0.6) is 5.75 Å². The molecule has 1 amide bonds. The maximum atomic E-state index is 13.9. The number of benzene rings is 4. The van der Waals surface area contributed by atoms with E-state index in [4.69, 9.17) is 9.72 Å². The van der Waals surface area contributed by atoms with Gasteiger partial charge >= 0.3 is 0 Å². The number of anilines is 1. The van der Waals surface area contributed by atoms with Crippen molar-refractivity contribution in [2.45, 2.75) is 13.5 Å². The molecule has 0 saturated heterocycles. The summed E-state index contributed by atoms with van der Waals surface area (Å²) in [6.45, 7) is 1.82. The number of nitrogens with zero attached hydrogens (tertiary/aromatic N) is 2. The predicted octanol–water partition coefficient (Wildman–Crippen LogP) is 5.23. The zero-order chi connectivity index (χ0) is 23.7. The molecule has 0 aliphatic rings. The maximum absolute atomic E-state index is 13.9. The lowest BCUT2D eigenvalue weighted by atomic mass is 10.1. The summed E-state index contributed by atoms with van der Waals surface area (Å²) in [5.41, 5.74) is 3.47. The van der Waals surface area contributed by atoms with Gasteiger partial charge in [0, 0.05) is 12.5 Å². The molecule has 4 aromatic carbocycles. The van der Waals surface area contributed by atoms with Gasteiger partial charge in [0.15, 0.2) is 0 Å². The minimum atomic E-state index is -0.244. The Balaban J connectivity index is 1.83. The Kier molecular flexibility index (Phi) is 5.55. The van der Waals surface area contributed by atoms with Gasteiger partial charge in [-0.3, -0.25) is 9.59 Å². The summed E-state index contributed by atoms with van der Waals surface area (Å²) >= 11 is 0. The van der Waals surface area contributed by atoms with Gasteiger partial charge in [0.1, 0.15) is 11.4 Å². The van der Waals surface area contributed by atoms with Crippen LogP contribution >= 0.6 is 0 Å². The summed E-state index contributed by atoms with van der Waals surface area (Å²) in [6, 6.07) is 27.1. The van der Waals surface area contributed by atoms with Crippen LogP contribution in [0.4, 0.5) is 5.69 Å². The van der Waals surface area contributed by atoms with Crippen molar-refractivity contribution >= 4 is 33.4 Å². The Morgan fingerprint density at radius 2 is 1.65 bits per heavy atom. The summed E-state index contributed by atoms with van der Waals surface area (Å²) in [7, 11) is 1.56. The van der Waals surface area contributed by atoms with Crippen LogP contribution in [0, 0.1) is 0 Å². The van der Waals surface area contributed by atoms with E-state index in [-0.39, 0.29) is 17.2 Å². The summed E-state index contributed by atoms with van der Waals surface area (Å²) in [4.78, 5) is 30.6. The van der Waals surface area contributed by atoms with E-state index in [0.717, 1.165) is 21.9 Å². The van der Waals surface area contributed by atoms with Gasteiger partial charge < -0.3 is 14.6 Å². The average Bonchev–Trinajstić information content (AvgIpc) is 2.85. The molecule has 0 saturated carbocycles. The smallest absolute Gasteiger partial charge is 0.277 e. The van der Waals surface area contributed by atoms with Gasteiger partial charge in [0.2, 0.25) is 5.91 Å². The van der Waals surface area contributed by atoms with Gasteiger partial charge in [-0.15, -0.1) is 0 Å². The second kappa shape index (κ2) is 8.83. The predicted molar refractivity (Wildman–Crippen MR) is 135 cm³/mol. The maximum Gasteiger partial charge on any atom is 0.277 e. The number of aromatic nitrogens is 2. The highest BCUT2D eigenvalue weighted by atomic mass is 16.5. The monoisotopic (exact) mass is 449 g/mol. The zero-order valence-corrected chi connectivity index (χ0v) is 18.9. The van der Waals surface area contributed by atoms with Crippen LogP contribution in [-0.4, -0.2) is 22.6 Å². The average molecular weight is 450 g/mol. The number of carbonyl (C=O) groups is 1. The molecule has 34 heavy (non-hydrogen) atoms. The van der Waals surface area contributed by atoms with Crippen molar-refractivity contribution < 1.29 is 9.53 Å². The highest BCUT2D eigenvalue weighted by Gasteiger charge is 2.18. The third kappa shape index (κ3) is 4.01. The molecule has 5 rings (SSSR count). The van der Waals surface area contributed by atoms with Gasteiger partial charge in [-0.05, 0) is 46.7 Å². The second-order valence-electron chi connectivity index (χ2n) is 8.12. The van der Waals surface area contributed by atoms with E-state index in [1.807, 2.05) is 66.7 Å². The van der Waals surface area contributed by atoms with Crippen LogP contribution in [0.25, 0.3) is 33.1 Å². The Morgan fingerprint density at radius 1 is 0.941 bits per heavy atom. The first-order valence-corrected chi connectivity index (χ1v) is 11.0. The van der Waals surface area contributed by atoms with E-state index in [0.29, 0.717) is 29.1 Å². The molecule has 0 spiro atoms. The van der Waals surface area contributed by atoms with E-state index in [1.54, 1.807) is 29.9 Å². The zero-order valence-electron chi connectivity index (χ0n) is 18.9. The van der Waals surface area contributed by atoms with Crippen LogP contribution in [0.2, 0.25) is 0 Å². The molecule has 1 heterocycles. The molecular formula is C28H23N3O3. The van der Waals surface area contributed by atoms with Crippen molar-refractivity contribution in [3.8, 4) is 17.0 Å². The minimum Gasteiger partial charge on any atom is -0.497 e. The second-order valence-corrected chi connectivity index (χ2v) is 8.12. The quantitative estimate of drug-likeness (QED) is 0.373. The normalized spacial score (nSPS) is 11.0. The van der Waals surface area contributed by atoms with Crippen LogP contribution in [-0.2, 0) is 11.3 Å². The summed E-state index contributed by atoms with van der Waals surface area (Å²) in [5.74, 6) is 0.335. The first-order valence-electron chi connectivity index (χ1n) is 11.0. The third-order valence-electron chi connectivity index (χ3n) is 5.79. The first-order chi connectivity index (χ1) is 16.5. The number of amides is 1. The van der Waals surface area contributed by atoms with Crippen molar-refractivity contribution in [3.63, 3.8) is 0 Å². The topological polar surface area (TPSA) is 73.2 Å². The van der Waals surface area contributed by atoms with E-state index < -0.39 is 0 Å². The number of ether oxygens (including phenoxy) is 1. The molecule has 6 nitrogen and oxygen atoms in total. The number of rotatable bonds is 5. The van der Waals surface area contributed by atoms with Crippen molar-refractivity contribution in [1.82, 2.24) is 9.55 Å². The highest BCUT2D eigenvalue weighted by molar-refractivity contribution is 5.97. The number of nitrogens with one attached hydrogen (secondary N) is 1. The Morgan fingerprint density at radius 3 is 2.35 bits per heavy atom. The van der Waals surface area contributed by atoms with Crippen molar-refractivity contribution in [1.29, 1.82) is 0 Å². The molecule has 1 aromatic heterocycles. The molecule has 0 fully saturated rings. The van der Waals surface area contributed by atoms with Gasteiger partial charge in [0.25, 0.3) is 5.56 Å². The lowest BCUT2D eigenvalue weighted by molar-refractivity contribution is -0.114. The number of hydrogen-bond acceptors (Lipinski definition) is 4. The molecule has 168 valence electrons. The van der Waals surface area contributed by atoms with E-state index in [2.05, 4.69) is 5.32 Å². The largest absolute Gasteiger partial charge is 0.497 e. The lowest BCUT2D eigenvalue weighted by Crippen LogP contribution is -2.25. The molecule has 0 unspecified atom stereocenters. The number of fused-ring (bicyclic) bond motifs is 2. The summed E-state index contributed by atoms with van der Waals surface area (Å²) in [6.07, 6.45) is 0. The van der Waals surface area contributed by atoms with Crippen LogP contribution < -0.4 is 15.6 Å². The van der Waals surface area contributed by atoms with Crippen molar-refractivity contribution in [2.24, 2.45) is 0 Å².